The molecule has 5 rings (SSSR count). The van der Waals surface area contributed by atoms with E-state index in [1.165, 1.54) is 11.1 Å². The largest absolute Gasteiger partial charge is 0.487 e. The van der Waals surface area contributed by atoms with Crippen molar-refractivity contribution in [2.24, 2.45) is 0 Å². The van der Waals surface area contributed by atoms with Gasteiger partial charge in [0.05, 0.1) is 0 Å². The molecule has 2 aliphatic heterocycles. The second-order valence-corrected chi connectivity index (χ2v) is 8.38. The Balaban J connectivity index is 1.39. The van der Waals surface area contributed by atoms with Gasteiger partial charge in [0, 0.05) is 30.8 Å². The van der Waals surface area contributed by atoms with Gasteiger partial charge in [-0.1, -0.05) is 12.1 Å². The minimum Gasteiger partial charge on any atom is -0.487 e. The summed E-state index contributed by atoms with van der Waals surface area (Å²) in [6.45, 7) is 7.55. The molecule has 4 atom stereocenters. The summed E-state index contributed by atoms with van der Waals surface area (Å²) < 4.78 is 25.1. The standard InChI is InChI=1S/C22H27N3O4/c1-13-24-10-8-19(25-13)27-18-11-17(20-21(18)29-22(2,3)28-20)26-16-6-4-5-14-7-9-23-12-15(14)16/h4-6,8,10,17-18,20-21,23H,7,9,11-12H2,1-3H3/t17-,18+,20+,21-/m0/s1. The summed E-state index contributed by atoms with van der Waals surface area (Å²) in [6, 6.07) is 8.07. The van der Waals surface area contributed by atoms with Gasteiger partial charge in [0.15, 0.2) is 5.79 Å². The average molecular weight is 397 g/mol. The molecular formula is C22H27N3O4. The van der Waals surface area contributed by atoms with E-state index in [4.69, 9.17) is 18.9 Å². The molecule has 0 unspecified atom stereocenters. The van der Waals surface area contributed by atoms with E-state index in [-0.39, 0.29) is 24.4 Å². The van der Waals surface area contributed by atoms with Crippen molar-refractivity contribution in [2.75, 3.05) is 6.54 Å². The Bertz CT molecular complexity index is 903. The van der Waals surface area contributed by atoms with Crippen LogP contribution in [-0.2, 0) is 22.4 Å². The zero-order chi connectivity index (χ0) is 20.0. The lowest BCUT2D eigenvalue weighted by Gasteiger charge is -2.26. The van der Waals surface area contributed by atoms with E-state index < -0.39 is 5.79 Å². The Labute approximate surface area is 170 Å². The van der Waals surface area contributed by atoms with Crippen LogP contribution in [-0.4, -0.2) is 46.7 Å². The fourth-order valence-electron chi connectivity index (χ4n) is 4.53. The number of rotatable bonds is 4. The van der Waals surface area contributed by atoms with Crippen molar-refractivity contribution in [1.29, 1.82) is 0 Å². The summed E-state index contributed by atoms with van der Waals surface area (Å²) in [5.41, 5.74) is 2.59. The van der Waals surface area contributed by atoms with Gasteiger partial charge in [0.2, 0.25) is 5.88 Å². The maximum absolute atomic E-state index is 6.51. The van der Waals surface area contributed by atoms with Crippen molar-refractivity contribution in [2.45, 2.75) is 70.4 Å². The minimum atomic E-state index is -0.668. The summed E-state index contributed by atoms with van der Waals surface area (Å²) in [6.07, 6.45) is 2.66. The highest BCUT2D eigenvalue weighted by atomic mass is 16.8. The Hall–Kier alpha value is -2.22. The molecule has 1 saturated heterocycles. The lowest BCUT2D eigenvalue weighted by molar-refractivity contribution is -0.168. The van der Waals surface area contributed by atoms with E-state index in [1.54, 1.807) is 12.3 Å². The highest BCUT2D eigenvalue weighted by molar-refractivity contribution is 5.42. The van der Waals surface area contributed by atoms with E-state index in [0.717, 1.165) is 25.3 Å². The number of nitrogens with one attached hydrogen (secondary N) is 1. The molecule has 3 heterocycles. The lowest BCUT2D eigenvalue weighted by Crippen LogP contribution is -2.34. The molecule has 3 aliphatic rings. The number of nitrogens with zero attached hydrogens (tertiary/aromatic N) is 2. The average Bonchev–Trinajstić information content (AvgIpc) is 3.16. The Morgan fingerprint density at radius 1 is 1.10 bits per heavy atom. The summed E-state index contributed by atoms with van der Waals surface area (Å²) in [7, 11) is 0. The lowest BCUT2D eigenvalue weighted by atomic mass is 10.0. The van der Waals surface area contributed by atoms with Crippen LogP contribution in [0.4, 0.5) is 0 Å². The van der Waals surface area contributed by atoms with Crippen LogP contribution in [0.3, 0.4) is 0 Å². The van der Waals surface area contributed by atoms with Gasteiger partial charge >= 0.3 is 0 Å². The van der Waals surface area contributed by atoms with Crippen LogP contribution in [0.15, 0.2) is 30.5 Å². The number of hydrogen-bond donors (Lipinski definition) is 1. The molecule has 7 nitrogen and oxygen atoms in total. The molecule has 1 aromatic heterocycles. The molecule has 0 radical (unpaired) electrons. The van der Waals surface area contributed by atoms with Crippen LogP contribution in [0.2, 0.25) is 0 Å². The maximum atomic E-state index is 6.51. The van der Waals surface area contributed by atoms with E-state index in [9.17, 15) is 0 Å². The molecule has 2 aromatic rings. The molecule has 0 bridgehead atoms. The first kappa shape index (κ1) is 18.8. The third kappa shape index (κ3) is 3.70. The fourth-order valence-corrected chi connectivity index (χ4v) is 4.53. The van der Waals surface area contributed by atoms with Crippen LogP contribution in [0, 0.1) is 6.92 Å². The van der Waals surface area contributed by atoms with Crippen molar-refractivity contribution >= 4 is 0 Å². The van der Waals surface area contributed by atoms with Gasteiger partial charge in [-0.3, -0.25) is 0 Å². The Morgan fingerprint density at radius 3 is 2.69 bits per heavy atom. The number of ether oxygens (including phenoxy) is 4. The zero-order valence-electron chi connectivity index (χ0n) is 17.1. The Morgan fingerprint density at radius 2 is 1.90 bits per heavy atom. The number of benzene rings is 1. The number of aryl methyl sites for hydroxylation is 1. The highest BCUT2D eigenvalue weighted by Gasteiger charge is 2.56. The highest BCUT2D eigenvalue weighted by Crippen LogP contribution is 2.42. The zero-order valence-corrected chi connectivity index (χ0v) is 17.1. The van der Waals surface area contributed by atoms with E-state index in [1.807, 2.05) is 26.8 Å². The second-order valence-electron chi connectivity index (χ2n) is 8.38. The minimum absolute atomic E-state index is 0.150. The van der Waals surface area contributed by atoms with Crippen molar-refractivity contribution in [3.8, 4) is 11.6 Å². The van der Waals surface area contributed by atoms with Gasteiger partial charge in [0.25, 0.3) is 0 Å². The monoisotopic (exact) mass is 397 g/mol. The second kappa shape index (κ2) is 7.23. The van der Waals surface area contributed by atoms with Crippen LogP contribution >= 0.6 is 0 Å². The molecular weight excluding hydrogens is 370 g/mol. The van der Waals surface area contributed by atoms with Gasteiger partial charge < -0.3 is 24.3 Å². The van der Waals surface area contributed by atoms with E-state index >= 15 is 0 Å². The number of fused-ring (bicyclic) bond motifs is 2. The Kier molecular flexibility index (Phi) is 4.69. The topological polar surface area (TPSA) is 74.7 Å². The van der Waals surface area contributed by atoms with Crippen molar-refractivity contribution < 1.29 is 18.9 Å². The summed E-state index contributed by atoms with van der Waals surface area (Å²) >= 11 is 0. The summed E-state index contributed by atoms with van der Waals surface area (Å²) in [4.78, 5) is 8.51. The first-order chi connectivity index (χ1) is 14.0. The predicted octanol–water partition coefficient (Wildman–Crippen LogP) is 2.55. The van der Waals surface area contributed by atoms with Gasteiger partial charge in [-0.05, 0) is 45.4 Å². The third-order valence-corrected chi connectivity index (χ3v) is 5.76. The predicted molar refractivity (Wildman–Crippen MR) is 106 cm³/mol. The van der Waals surface area contributed by atoms with E-state index in [2.05, 4.69) is 27.4 Å². The van der Waals surface area contributed by atoms with Crippen LogP contribution < -0.4 is 14.8 Å². The van der Waals surface area contributed by atoms with Crippen molar-refractivity contribution in [3.05, 3.63) is 47.4 Å². The molecule has 0 spiro atoms. The normalized spacial score (nSPS) is 29.9. The molecule has 29 heavy (non-hydrogen) atoms. The van der Waals surface area contributed by atoms with Gasteiger partial charge in [-0.25, -0.2) is 4.98 Å². The van der Waals surface area contributed by atoms with E-state index in [0.29, 0.717) is 18.1 Å². The molecule has 1 aromatic carbocycles. The number of aromatic nitrogens is 2. The van der Waals surface area contributed by atoms with Crippen molar-refractivity contribution in [1.82, 2.24) is 15.3 Å². The van der Waals surface area contributed by atoms with Gasteiger partial charge in [0.1, 0.15) is 36.0 Å². The third-order valence-electron chi connectivity index (χ3n) is 5.76. The molecule has 7 heteroatoms. The van der Waals surface area contributed by atoms with Gasteiger partial charge in [-0.2, -0.15) is 4.98 Å². The first-order valence-electron chi connectivity index (χ1n) is 10.3. The maximum Gasteiger partial charge on any atom is 0.216 e. The molecule has 1 saturated carbocycles. The summed E-state index contributed by atoms with van der Waals surface area (Å²) in [5, 5.41) is 3.44. The summed E-state index contributed by atoms with van der Waals surface area (Å²) in [5.74, 6) is 1.48. The fraction of sp³-hybridized carbons (Fsp3) is 0.545. The van der Waals surface area contributed by atoms with Crippen LogP contribution in [0.5, 0.6) is 11.6 Å². The number of hydrogen-bond acceptors (Lipinski definition) is 7. The smallest absolute Gasteiger partial charge is 0.216 e. The van der Waals surface area contributed by atoms with Crippen LogP contribution in [0.1, 0.15) is 37.2 Å². The van der Waals surface area contributed by atoms with Crippen LogP contribution in [0.25, 0.3) is 0 Å². The molecule has 1 N–H and O–H groups in total. The molecule has 154 valence electrons. The quantitative estimate of drug-likeness (QED) is 0.850. The molecule has 1 aliphatic carbocycles. The van der Waals surface area contributed by atoms with Gasteiger partial charge in [-0.15, -0.1) is 0 Å². The SMILES string of the molecule is Cc1nccc(O[C@@H]2C[C@H](Oc3cccc4c3CNCC4)[C@H]3OC(C)(C)O[C@H]32)n1. The first-order valence-corrected chi connectivity index (χ1v) is 10.3. The molecule has 2 fully saturated rings. The molecule has 0 amide bonds. The van der Waals surface area contributed by atoms with Crippen molar-refractivity contribution in [3.63, 3.8) is 0 Å².